The fraction of sp³-hybridized carbons (Fsp3) is 0.300. The van der Waals surface area contributed by atoms with Crippen LogP contribution in [0.4, 0.5) is 13.2 Å². The molecule has 2 aromatic carbocycles. The fourth-order valence-electron chi connectivity index (χ4n) is 3.83. The average molecular weight is 464 g/mol. The molecule has 0 saturated carbocycles. The summed E-state index contributed by atoms with van der Waals surface area (Å²) in [6, 6.07) is 9.10. The number of azo groups is 1. The van der Waals surface area contributed by atoms with Crippen molar-refractivity contribution in [3.8, 4) is 11.1 Å². The number of hydrogen-bond donors (Lipinski definition) is 2. The lowest BCUT2D eigenvalue weighted by Crippen LogP contribution is -2.51. The average Bonchev–Trinajstić information content (AvgIpc) is 3.19. The quantitative estimate of drug-likeness (QED) is 0.532. The SMILES string of the molecule is CS(=O)(=O)c1c(C(F)(F)F)ccc(-c2ccc(C3CN(C(=N)N)C3)cc2)c1C1=NCN=N1. The monoisotopic (exact) mass is 464 g/mol. The second-order valence-electron chi connectivity index (χ2n) is 7.61. The zero-order valence-electron chi connectivity index (χ0n) is 16.9. The number of aliphatic imine (C=N–C) groups is 1. The van der Waals surface area contributed by atoms with E-state index in [0.717, 1.165) is 17.9 Å². The van der Waals surface area contributed by atoms with E-state index in [1.54, 1.807) is 17.0 Å². The maximum absolute atomic E-state index is 13.7. The summed E-state index contributed by atoms with van der Waals surface area (Å²) in [7, 11) is -4.29. The Kier molecular flexibility index (Phi) is 5.27. The standard InChI is InChI=1S/C20H19F3N6O2S/c1-32(30,31)17-15(20(21,22)23)7-6-14(16(17)18-26-10-27-28-18)12-4-2-11(3-5-12)13-8-29(9-13)19(24)25/h2-7,13H,8-10H2,1H3,(H3,24,25). The topological polar surface area (TPSA) is 124 Å². The molecule has 0 spiro atoms. The van der Waals surface area contributed by atoms with Crippen molar-refractivity contribution in [2.75, 3.05) is 26.0 Å². The molecule has 0 atom stereocenters. The molecule has 1 saturated heterocycles. The van der Waals surface area contributed by atoms with Gasteiger partial charge in [0.1, 0.15) is 0 Å². The van der Waals surface area contributed by atoms with Gasteiger partial charge >= 0.3 is 6.18 Å². The van der Waals surface area contributed by atoms with Crippen molar-refractivity contribution in [3.05, 3.63) is 53.1 Å². The van der Waals surface area contributed by atoms with Crippen molar-refractivity contribution in [2.45, 2.75) is 17.0 Å². The molecule has 0 aliphatic carbocycles. The van der Waals surface area contributed by atoms with Crippen LogP contribution in [0.15, 0.2) is 56.5 Å². The molecule has 0 aromatic heterocycles. The molecule has 12 heteroatoms. The van der Waals surface area contributed by atoms with Gasteiger partial charge in [-0.15, -0.1) is 5.11 Å². The minimum Gasteiger partial charge on any atom is -0.370 e. The third kappa shape index (κ3) is 3.97. The van der Waals surface area contributed by atoms with E-state index in [0.29, 0.717) is 18.7 Å². The predicted octanol–water partition coefficient (Wildman–Crippen LogP) is 3.24. The lowest BCUT2D eigenvalue weighted by molar-refractivity contribution is -0.139. The van der Waals surface area contributed by atoms with E-state index < -0.39 is 26.5 Å². The number of hydrogen-bond acceptors (Lipinski definition) is 6. The zero-order chi connectivity index (χ0) is 23.3. The van der Waals surface area contributed by atoms with E-state index in [1.165, 1.54) is 6.07 Å². The highest BCUT2D eigenvalue weighted by atomic mass is 32.2. The van der Waals surface area contributed by atoms with E-state index in [-0.39, 0.29) is 35.5 Å². The number of sulfone groups is 1. The number of guanidine groups is 1. The van der Waals surface area contributed by atoms with Crippen LogP contribution < -0.4 is 5.73 Å². The van der Waals surface area contributed by atoms with Gasteiger partial charge in [-0.3, -0.25) is 5.41 Å². The number of nitrogens with one attached hydrogen (secondary N) is 1. The van der Waals surface area contributed by atoms with Gasteiger partial charge in [0.05, 0.1) is 10.5 Å². The first-order valence-corrected chi connectivity index (χ1v) is 11.4. The molecular weight excluding hydrogens is 445 g/mol. The number of nitrogens with zero attached hydrogens (tertiary/aromatic N) is 4. The second-order valence-corrected chi connectivity index (χ2v) is 9.56. The highest BCUT2D eigenvalue weighted by molar-refractivity contribution is 7.90. The van der Waals surface area contributed by atoms with E-state index in [2.05, 4.69) is 15.2 Å². The van der Waals surface area contributed by atoms with Gasteiger partial charge in [0.15, 0.2) is 28.3 Å². The molecule has 0 bridgehead atoms. The summed E-state index contributed by atoms with van der Waals surface area (Å²) in [6.45, 7) is 1.13. The molecule has 0 amide bonds. The van der Waals surface area contributed by atoms with Crippen LogP contribution in [0.3, 0.4) is 0 Å². The summed E-state index contributed by atoms with van der Waals surface area (Å²) < 4.78 is 66.0. The van der Waals surface area contributed by atoms with Crippen LogP contribution >= 0.6 is 0 Å². The van der Waals surface area contributed by atoms with Crippen molar-refractivity contribution >= 4 is 21.6 Å². The minimum absolute atomic E-state index is 0.00655. The van der Waals surface area contributed by atoms with Crippen LogP contribution in [0.25, 0.3) is 11.1 Å². The van der Waals surface area contributed by atoms with E-state index in [4.69, 9.17) is 11.1 Å². The molecule has 1 fully saturated rings. The smallest absolute Gasteiger partial charge is 0.370 e. The third-order valence-electron chi connectivity index (χ3n) is 5.42. The second kappa shape index (κ2) is 7.69. The number of amidine groups is 1. The van der Waals surface area contributed by atoms with Crippen molar-refractivity contribution in [2.24, 2.45) is 21.0 Å². The lowest BCUT2D eigenvalue weighted by atomic mass is 9.89. The summed E-state index contributed by atoms with van der Waals surface area (Å²) in [4.78, 5) is 4.85. The number of alkyl halides is 3. The lowest BCUT2D eigenvalue weighted by Gasteiger charge is -2.39. The van der Waals surface area contributed by atoms with Gasteiger partial charge in [0.2, 0.25) is 0 Å². The number of rotatable bonds is 4. The Morgan fingerprint density at radius 3 is 2.31 bits per heavy atom. The first-order chi connectivity index (χ1) is 15.0. The van der Waals surface area contributed by atoms with E-state index in [9.17, 15) is 21.6 Å². The molecular formula is C20H19F3N6O2S. The molecule has 2 aliphatic heterocycles. The van der Waals surface area contributed by atoms with Crippen LogP contribution in [-0.4, -0.2) is 51.1 Å². The van der Waals surface area contributed by atoms with E-state index >= 15 is 0 Å². The highest BCUT2D eigenvalue weighted by Crippen LogP contribution is 2.41. The van der Waals surface area contributed by atoms with Gasteiger partial charge in [0.25, 0.3) is 0 Å². The molecule has 0 radical (unpaired) electrons. The van der Waals surface area contributed by atoms with Crippen molar-refractivity contribution in [1.29, 1.82) is 5.41 Å². The Morgan fingerprint density at radius 2 is 1.81 bits per heavy atom. The maximum Gasteiger partial charge on any atom is 0.417 e. The molecule has 3 N–H and O–H groups in total. The largest absolute Gasteiger partial charge is 0.417 e. The molecule has 168 valence electrons. The third-order valence-corrected chi connectivity index (χ3v) is 6.59. The molecule has 2 aromatic rings. The van der Waals surface area contributed by atoms with Gasteiger partial charge in [0, 0.05) is 30.8 Å². The Labute approximate surface area is 182 Å². The van der Waals surface area contributed by atoms with Gasteiger partial charge in [-0.1, -0.05) is 30.3 Å². The van der Waals surface area contributed by atoms with Crippen LogP contribution in [0, 0.1) is 5.41 Å². The van der Waals surface area contributed by atoms with Gasteiger partial charge < -0.3 is 10.6 Å². The van der Waals surface area contributed by atoms with Crippen LogP contribution in [0.2, 0.25) is 0 Å². The number of likely N-dealkylation sites (tertiary alicyclic amines) is 1. The van der Waals surface area contributed by atoms with Crippen molar-refractivity contribution < 1.29 is 21.6 Å². The molecule has 2 heterocycles. The Balaban J connectivity index is 1.83. The summed E-state index contributed by atoms with van der Waals surface area (Å²) in [5.74, 6) is 0.0402. The number of halogens is 3. The van der Waals surface area contributed by atoms with Crippen LogP contribution in [0.5, 0.6) is 0 Å². The van der Waals surface area contributed by atoms with E-state index in [1.807, 2.05) is 12.1 Å². The maximum atomic E-state index is 13.7. The summed E-state index contributed by atoms with van der Waals surface area (Å²) in [6.07, 6.45) is -4.14. The van der Waals surface area contributed by atoms with Gasteiger partial charge in [-0.05, 0) is 22.8 Å². The fourth-order valence-corrected chi connectivity index (χ4v) is 4.99. The summed E-state index contributed by atoms with van der Waals surface area (Å²) in [5, 5.41) is 14.9. The molecule has 8 nitrogen and oxygen atoms in total. The molecule has 0 unspecified atom stereocenters. The van der Waals surface area contributed by atoms with Gasteiger partial charge in [-0.2, -0.15) is 18.3 Å². The van der Waals surface area contributed by atoms with Crippen LogP contribution in [0.1, 0.15) is 22.6 Å². The Bertz CT molecular complexity index is 1250. The Hall–Kier alpha value is -3.28. The van der Waals surface area contributed by atoms with Crippen molar-refractivity contribution in [3.63, 3.8) is 0 Å². The minimum atomic E-state index is -4.88. The zero-order valence-corrected chi connectivity index (χ0v) is 17.7. The summed E-state index contributed by atoms with van der Waals surface area (Å²) >= 11 is 0. The normalized spacial score (nSPS) is 16.8. The van der Waals surface area contributed by atoms with Gasteiger partial charge in [-0.25, -0.2) is 13.4 Å². The number of benzene rings is 2. The molecule has 2 aliphatic rings. The molecule has 32 heavy (non-hydrogen) atoms. The highest BCUT2D eigenvalue weighted by Gasteiger charge is 2.39. The predicted molar refractivity (Wildman–Crippen MR) is 112 cm³/mol. The number of nitrogens with two attached hydrogens (primary N) is 1. The molecule has 4 rings (SSSR count). The van der Waals surface area contributed by atoms with Crippen LogP contribution in [-0.2, 0) is 16.0 Å². The Morgan fingerprint density at radius 1 is 1.16 bits per heavy atom. The summed E-state index contributed by atoms with van der Waals surface area (Å²) in [5.41, 5.74) is 5.77. The van der Waals surface area contributed by atoms with Crippen molar-refractivity contribution in [1.82, 2.24) is 4.90 Å². The first kappa shape index (κ1) is 21.9. The first-order valence-electron chi connectivity index (χ1n) is 9.52.